The maximum Gasteiger partial charge on any atom is 0.258 e. The van der Waals surface area contributed by atoms with Crippen molar-refractivity contribution in [1.29, 1.82) is 0 Å². The normalized spacial score (nSPS) is 10.6. The topological polar surface area (TPSA) is 61.0 Å². The molecule has 0 bridgehead atoms. The third-order valence-electron chi connectivity index (χ3n) is 2.62. The lowest BCUT2D eigenvalue weighted by molar-refractivity contribution is 0.287. The summed E-state index contributed by atoms with van der Waals surface area (Å²) >= 11 is 11.6. The molecule has 0 saturated heterocycles. The van der Waals surface area contributed by atoms with Crippen LogP contribution in [0.1, 0.15) is 5.82 Å². The molecule has 0 unspecified atom stereocenters. The molecule has 0 spiro atoms. The van der Waals surface area contributed by atoms with Crippen LogP contribution >= 0.6 is 23.2 Å². The first kappa shape index (κ1) is 13.9. The standard InChI is InChI=1S/C14H9Cl2N3O2/c15-10-1-3-11(4-2-10)20-8-13-18-14(21-19-13)9-5-6-17-12(16)7-9/h1-7H,8H2. The Morgan fingerprint density at radius 1 is 1.10 bits per heavy atom. The average molecular weight is 322 g/mol. The lowest BCUT2D eigenvalue weighted by atomic mass is 10.3. The predicted molar refractivity (Wildman–Crippen MR) is 78.3 cm³/mol. The van der Waals surface area contributed by atoms with Gasteiger partial charge in [-0.05, 0) is 36.4 Å². The fraction of sp³-hybridized carbons (Fsp3) is 0.0714. The molecule has 0 atom stereocenters. The number of rotatable bonds is 4. The van der Waals surface area contributed by atoms with Gasteiger partial charge in [-0.3, -0.25) is 0 Å². The first-order valence-corrected chi connectivity index (χ1v) is 6.79. The Bertz CT molecular complexity index is 744. The van der Waals surface area contributed by atoms with Crippen molar-refractivity contribution in [3.63, 3.8) is 0 Å². The van der Waals surface area contributed by atoms with Crippen LogP contribution in [-0.2, 0) is 6.61 Å². The van der Waals surface area contributed by atoms with Crippen LogP contribution < -0.4 is 4.74 Å². The van der Waals surface area contributed by atoms with Crippen molar-refractivity contribution in [1.82, 2.24) is 15.1 Å². The molecule has 106 valence electrons. The summed E-state index contributed by atoms with van der Waals surface area (Å²) in [4.78, 5) is 8.13. The zero-order valence-electron chi connectivity index (χ0n) is 10.7. The molecular weight excluding hydrogens is 313 g/mol. The smallest absolute Gasteiger partial charge is 0.258 e. The number of pyridine rings is 1. The van der Waals surface area contributed by atoms with E-state index in [2.05, 4.69) is 15.1 Å². The number of ether oxygens (including phenoxy) is 1. The monoisotopic (exact) mass is 321 g/mol. The highest BCUT2D eigenvalue weighted by Crippen LogP contribution is 2.20. The fourth-order valence-corrected chi connectivity index (χ4v) is 1.94. The maximum absolute atomic E-state index is 5.82. The average Bonchev–Trinajstić information content (AvgIpc) is 2.96. The van der Waals surface area contributed by atoms with Gasteiger partial charge < -0.3 is 9.26 Å². The Kier molecular flexibility index (Phi) is 4.03. The van der Waals surface area contributed by atoms with Gasteiger partial charge in [-0.1, -0.05) is 28.4 Å². The minimum absolute atomic E-state index is 0.198. The molecule has 0 N–H and O–H groups in total. The summed E-state index contributed by atoms with van der Waals surface area (Å²) in [6.45, 7) is 0.198. The second-order valence-corrected chi connectivity index (χ2v) is 4.95. The largest absolute Gasteiger partial charge is 0.485 e. The van der Waals surface area contributed by atoms with Gasteiger partial charge in [0.15, 0.2) is 6.61 Å². The molecule has 0 aliphatic rings. The second kappa shape index (κ2) is 6.11. The van der Waals surface area contributed by atoms with Crippen LogP contribution in [0.3, 0.4) is 0 Å². The third-order valence-corrected chi connectivity index (χ3v) is 3.08. The number of halogens is 2. The molecule has 2 aromatic heterocycles. The third kappa shape index (κ3) is 3.51. The van der Waals surface area contributed by atoms with E-state index in [1.807, 2.05) is 0 Å². The van der Waals surface area contributed by atoms with Gasteiger partial charge in [-0.15, -0.1) is 0 Å². The molecule has 0 radical (unpaired) electrons. The molecule has 3 rings (SSSR count). The lowest BCUT2D eigenvalue weighted by Gasteiger charge is -2.02. The van der Waals surface area contributed by atoms with E-state index in [0.717, 1.165) is 0 Å². The van der Waals surface area contributed by atoms with E-state index in [9.17, 15) is 0 Å². The summed E-state index contributed by atoms with van der Waals surface area (Å²) in [6, 6.07) is 10.4. The Labute approximate surface area is 130 Å². The van der Waals surface area contributed by atoms with Gasteiger partial charge >= 0.3 is 0 Å². The van der Waals surface area contributed by atoms with Gasteiger partial charge in [0.25, 0.3) is 5.89 Å². The summed E-state index contributed by atoms with van der Waals surface area (Å²) in [6.07, 6.45) is 1.58. The molecule has 7 heteroatoms. The van der Waals surface area contributed by atoms with Crippen molar-refractivity contribution in [2.75, 3.05) is 0 Å². The highest BCUT2D eigenvalue weighted by molar-refractivity contribution is 6.30. The van der Waals surface area contributed by atoms with E-state index in [1.54, 1.807) is 42.6 Å². The summed E-state index contributed by atoms with van der Waals surface area (Å²) in [5, 5.41) is 4.87. The molecule has 2 heterocycles. The van der Waals surface area contributed by atoms with E-state index >= 15 is 0 Å². The SMILES string of the molecule is Clc1ccc(OCc2noc(-c3ccnc(Cl)c3)n2)cc1. The first-order valence-electron chi connectivity index (χ1n) is 6.03. The Morgan fingerprint density at radius 2 is 1.90 bits per heavy atom. The Morgan fingerprint density at radius 3 is 2.67 bits per heavy atom. The number of aromatic nitrogens is 3. The molecule has 0 aliphatic heterocycles. The molecule has 0 aliphatic carbocycles. The van der Waals surface area contributed by atoms with Gasteiger partial charge in [0.2, 0.25) is 5.82 Å². The van der Waals surface area contributed by atoms with Gasteiger partial charge in [-0.2, -0.15) is 4.98 Å². The molecule has 1 aromatic carbocycles. The van der Waals surface area contributed by atoms with Crippen molar-refractivity contribution < 1.29 is 9.26 Å². The number of hydrogen-bond acceptors (Lipinski definition) is 5. The minimum Gasteiger partial charge on any atom is -0.485 e. The number of hydrogen-bond donors (Lipinski definition) is 0. The zero-order chi connectivity index (χ0) is 14.7. The van der Waals surface area contributed by atoms with Gasteiger partial charge in [-0.25, -0.2) is 4.98 Å². The van der Waals surface area contributed by atoms with Crippen LogP contribution in [0, 0.1) is 0 Å². The van der Waals surface area contributed by atoms with E-state index in [0.29, 0.717) is 33.2 Å². The summed E-state index contributed by atoms with van der Waals surface area (Å²) in [5.74, 6) is 1.49. The van der Waals surface area contributed by atoms with Crippen molar-refractivity contribution in [2.24, 2.45) is 0 Å². The van der Waals surface area contributed by atoms with Gasteiger partial charge in [0.05, 0.1) is 0 Å². The van der Waals surface area contributed by atoms with Gasteiger partial charge in [0, 0.05) is 16.8 Å². The minimum atomic E-state index is 0.198. The van der Waals surface area contributed by atoms with Crippen LogP contribution in [0.5, 0.6) is 5.75 Å². The molecule has 5 nitrogen and oxygen atoms in total. The Balaban J connectivity index is 1.69. The molecule has 0 fully saturated rings. The van der Waals surface area contributed by atoms with Crippen LogP contribution in [0.2, 0.25) is 10.2 Å². The lowest BCUT2D eigenvalue weighted by Crippen LogP contribution is -1.97. The molecular formula is C14H9Cl2N3O2. The van der Waals surface area contributed by atoms with Crippen molar-refractivity contribution in [3.05, 3.63) is 58.6 Å². The number of nitrogens with zero attached hydrogens (tertiary/aromatic N) is 3. The highest BCUT2D eigenvalue weighted by atomic mass is 35.5. The van der Waals surface area contributed by atoms with Crippen LogP contribution in [0.4, 0.5) is 0 Å². The maximum atomic E-state index is 5.82. The van der Waals surface area contributed by atoms with E-state index in [4.69, 9.17) is 32.5 Å². The Hall–Kier alpha value is -2.11. The summed E-state index contributed by atoms with van der Waals surface area (Å²) in [7, 11) is 0. The molecule has 0 amide bonds. The quantitative estimate of drug-likeness (QED) is 0.679. The van der Waals surface area contributed by atoms with E-state index in [-0.39, 0.29) is 6.61 Å². The molecule has 21 heavy (non-hydrogen) atoms. The van der Waals surface area contributed by atoms with Crippen molar-refractivity contribution >= 4 is 23.2 Å². The first-order chi connectivity index (χ1) is 10.2. The predicted octanol–water partition coefficient (Wildman–Crippen LogP) is 4.02. The summed E-state index contributed by atoms with van der Waals surface area (Å²) < 4.78 is 10.7. The molecule has 3 aromatic rings. The highest BCUT2D eigenvalue weighted by Gasteiger charge is 2.10. The zero-order valence-corrected chi connectivity index (χ0v) is 12.2. The van der Waals surface area contributed by atoms with Crippen LogP contribution in [0.25, 0.3) is 11.5 Å². The molecule has 0 saturated carbocycles. The van der Waals surface area contributed by atoms with Crippen molar-refractivity contribution in [3.8, 4) is 17.2 Å². The van der Waals surface area contributed by atoms with Gasteiger partial charge in [0.1, 0.15) is 10.9 Å². The van der Waals surface area contributed by atoms with Crippen LogP contribution in [0.15, 0.2) is 47.1 Å². The van der Waals surface area contributed by atoms with Crippen molar-refractivity contribution in [2.45, 2.75) is 6.61 Å². The fourth-order valence-electron chi connectivity index (χ4n) is 1.64. The van der Waals surface area contributed by atoms with E-state index < -0.39 is 0 Å². The van der Waals surface area contributed by atoms with E-state index in [1.165, 1.54) is 0 Å². The second-order valence-electron chi connectivity index (χ2n) is 4.13. The summed E-state index contributed by atoms with van der Waals surface area (Å²) in [5.41, 5.74) is 0.709. The number of benzene rings is 1. The van der Waals surface area contributed by atoms with Crippen LogP contribution in [-0.4, -0.2) is 15.1 Å².